The molecule has 0 unspecified atom stereocenters. The molecule has 0 bridgehead atoms. The fourth-order valence-electron chi connectivity index (χ4n) is 5.14. The van der Waals surface area contributed by atoms with Gasteiger partial charge in [0.1, 0.15) is 6.54 Å². The van der Waals surface area contributed by atoms with Crippen LogP contribution in [0, 0.1) is 12.8 Å². The van der Waals surface area contributed by atoms with Crippen LogP contribution in [0.25, 0.3) is 0 Å². The molecule has 3 amide bonds. The number of carbonyl (C=O) groups is 3. The van der Waals surface area contributed by atoms with Gasteiger partial charge in [-0.25, -0.2) is 4.98 Å². The molecule has 1 saturated heterocycles. The average Bonchev–Trinajstić information content (AvgIpc) is 3.61. The number of carbonyl (C=O) groups excluding carboxylic acids is 3. The van der Waals surface area contributed by atoms with Gasteiger partial charge in [0, 0.05) is 50.2 Å². The lowest BCUT2D eigenvalue weighted by Gasteiger charge is -2.34. The van der Waals surface area contributed by atoms with Crippen molar-refractivity contribution in [1.29, 1.82) is 0 Å². The maximum absolute atomic E-state index is 13.2. The van der Waals surface area contributed by atoms with Gasteiger partial charge in [0.05, 0.1) is 12.1 Å². The zero-order valence-electron chi connectivity index (χ0n) is 24.3. The van der Waals surface area contributed by atoms with Gasteiger partial charge in [-0.1, -0.05) is 38.1 Å². The van der Waals surface area contributed by atoms with Crippen LogP contribution in [-0.4, -0.2) is 83.5 Å². The maximum Gasteiger partial charge on any atom is 0.254 e. The molecule has 10 nitrogen and oxygen atoms in total. The van der Waals surface area contributed by atoms with Crippen molar-refractivity contribution in [3.8, 4) is 11.5 Å². The number of aryl methyl sites for hydroxylation is 1. The van der Waals surface area contributed by atoms with Gasteiger partial charge in [-0.2, -0.15) is 0 Å². The Hall–Kier alpha value is -3.96. The molecular weight excluding hydrogens is 554 g/mol. The fraction of sp³-hybridized carbons (Fsp3) is 0.419. The molecule has 0 spiro atoms. The van der Waals surface area contributed by atoms with Gasteiger partial charge in [0.2, 0.25) is 18.6 Å². The van der Waals surface area contributed by atoms with Crippen molar-refractivity contribution < 1.29 is 23.9 Å². The Morgan fingerprint density at radius 2 is 1.81 bits per heavy atom. The fourth-order valence-corrected chi connectivity index (χ4v) is 5.87. The van der Waals surface area contributed by atoms with E-state index in [1.807, 2.05) is 62.1 Å². The van der Waals surface area contributed by atoms with Crippen LogP contribution < -0.4 is 14.8 Å². The van der Waals surface area contributed by atoms with E-state index in [9.17, 15) is 14.4 Å². The molecule has 5 rings (SSSR count). The normalized spacial score (nSPS) is 14.7. The molecule has 0 aliphatic carbocycles. The van der Waals surface area contributed by atoms with Gasteiger partial charge in [-0.15, -0.1) is 11.3 Å². The van der Waals surface area contributed by atoms with Gasteiger partial charge in [-0.05, 0) is 42.2 Å². The summed E-state index contributed by atoms with van der Waals surface area (Å²) in [5.74, 6) is 1.30. The summed E-state index contributed by atoms with van der Waals surface area (Å²) in [7, 11) is 0. The molecule has 2 aromatic carbocycles. The quantitative estimate of drug-likeness (QED) is 0.383. The van der Waals surface area contributed by atoms with Crippen molar-refractivity contribution in [3.63, 3.8) is 0 Å². The third-order valence-electron chi connectivity index (χ3n) is 7.28. The Labute approximate surface area is 250 Å². The first-order valence-electron chi connectivity index (χ1n) is 14.2. The first-order valence-corrected chi connectivity index (χ1v) is 15.1. The molecule has 11 heteroatoms. The minimum absolute atomic E-state index is 0.0212. The van der Waals surface area contributed by atoms with E-state index in [4.69, 9.17) is 9.47 Å². The van der Waals surface area contributed by atoms with Crippen LogP contribution in [0.1, 0.15) is 41.0 Å². The Morgan fingerprint density at radius 3 is 2.57 bits per heavy atom. The average molecular weight is 592 g/mol. The number of nitrogens with one attached hydrogen (secondary N) is 1. The van der Waals surface area contributed by atoms with E-state index in [0.29, 0.717) is 36.0 Å². The summed E-state index contributed by atoms with van der Waals surface area (Å²) in [6.07, 6.45) is 0.180. The number of ether oxygens (including phenoxy) is 2. The Bertz CT molecular complexity index is 1430. The molecular formula is C31H37N5O5S. The highest BCUT2D eigenvalue weighted by Crippen LogP contribution is 2.33. The highest BCUT2D eigenvalue weighted by atomic mass is 32.1. The number of fused-ring (bicyclic) bond motifs is 1. The van der Waals surface area contributed by atoms with Gasteiger partial charge >= 0.3 is 0 Å². The first kappa shape index (κ1) is 29.5. The van der Waals surface area contributed by atoms with Gasteiger partial charge in [0.15, 0.2) is 16.6 Å². The van der Waals surface area contributed by atoms with Crippen LogP contribution >= 0.6 is 11.3 Å². The topological polar surface area (TPSA) is 104 Å². The summed E-state index contributed by atoms with van der Waals surface area (Å²) < 4.78 is 10.9. The van der Waals surface area contributed by atoms with Crippen molar-refractivity contribution in [2.45, 2.75) is 33.7 Å². The number of nitrogens with zero attached hydrogens (tertiary/aromatic N) is 4. The zero-order valence-corrected chi connectivity index (χ0v) is 25.1. The smallest absolute Gasteiger partial charge is 0.254 e. The second-order valence-corrected chi connectivity index (χ2v) is 12.0. The summed E-state index contributed by atoms with van der Waals surface area (Å²) in [5.41, 5.74) is 3.24. The first-order chi connectivity index (χ1) is 20.2. The zero-order chi connectivity index (χ0) is 29.6. The summed E-state index contributed by atoms with van der Waals surface area (Å²) in [5, 5.41) is 5.03. The van der Waals surface area contributed by atoms with Crippen LogP contribution in [0.15, 0.2) is 47.8 Å². The van der Waals surface area contributed by atoms with Crippen LogP contribution in [0.2, 0.25) is 0 Å². The molecule has 222 valence electrons. The van der Waals surface area contributed by atoms with E-state index in [1.165, 1.54) is 11.3 Å². The Balaban J connectivity index is 1.09. The van der Waals surface area contributed by atoms with Crippen molar-refractivity contribution in [3.05, 3.63) is 70.2 Å². The highest BCUT2D eigenvalue weighted by Gasteiger charge is 2.24. The number of hydrogen-bond acceptors (Lipinski definition) is 8. The van der Waals surface area contributed by atoms with E-state index in [1.54, 1.807) is 16.3 Å². The van der Waals surface area contributed by atoms with E-state index >= 15 is 0 Å². The number of aromatic nitrogens is 1. The van der Waals surface area contributed by atoms with Crippen LogP contribution in [0.4, 0.5) is 5.13 Å². The molecule has 3 heterocycles. The van der Waals surface area contributed by atoms with Crippen LogP contribution in [-0.2, 0) is 22.6 Å². The van der Waals surface area contributed by atoms with Crippen LogP contribution in [0.3, 0.4) is 0 Å². The van der Waals surface area contributed by atoms with Crippen molar-refractivity contribution in [2.24, 2.45) is 5.92 Å². The molecule has 0 radical (unpaired) electrons. The van der Waals surface area contributed by atoms with Gasteiger partial charge < -0.3 is 24.6 Å². The predicted molar refractivity (Wildman–Crippen MR) is 161 cm³/mol. The highest BCUT2D eigenvalue weighted by molar-refractivity contribution is 7.13. The molecule has 2 aliphatic rings. The third kappa shape index (κ3) is 7.46. The number of rotatable bonds is 10. The number of benzene rings is 2. The Kier molecular flexibility index (Phi) is 9.38. The number of thiazole rings is 1. The van der Waals surface area contributed by atoms with Gasteiger partial charge in [-0.3, -0.25) is 19.3 Å². The maximum atomic E-state index is 13.2. The Morgan fingerprint density at radius 1 is 1.05 bits per heavy atom. The molecule has 3 aromatic rings. The minimum atomic E-state index is -0.316. The summed E-state index contributed by atoms with van der Waals surface area (Å²) in [6, 6.07) is 13.4. The molecule has 0 atom stereocenters. The largest absolute Gasteiger partial charge is 0.454 e. The summed E-state index contributed by atoms with van der Waals surface area (Å²) >= 11 is 1.28. The van der Waals surface area contributed by atoms with E-state index in [-0.39, 0.29) is 43.4 Å². The standard InChI is InChI=1S/C31H37N5O5S/c1-21(2)16-36(30(39)25-7-5-4-6-22(25)3)18-28(37)33-31-32-24(19-42-31)15-29(38)35-12-10-34(11-13-35)17-23-8-9-26-27(14-23)41-20-40-26/h4-9,14,19,21H,10-13,15-18,20H2,1-3H3,(H,32,33,37). The number of amides is 3. The summed E-state index contributed by atoms with van der Waals surface area (Å²) in [6.45, 7) is 10.2. The minimum Gasteiger partial charge on any atom is -0.454 e. The van der Waals surface area contributed by atoms with Crippen LogP contribution in [0.5, 0.6) is 11.5 Å². The molecule has 1 fully saturated rings. The lowest BCUT2D eigenvalue weighted by Crippen LogP contribution is -2.48. The lowest BCUT2D eigenvalue weighted by atomic mass is 10.1. The predicted octanol–water partition coefficient (Wildman–Crippen LogP) is 3.80. The number of anilines is 1. The van der Waals surface area contributed by atoms with Crippen molar-refractivity contribution in [2.75, 3.05) is 51.4 Å². The molecule has 2 aliphatic heterocycles. The lowest BCUT2D eigenvalue weighted by molar-refractivity contribution is -0.132. The van der Waals surface area contributed by atoms with Gasteiger partial charge in [0.25, 0.3) is 5.91 Å². The molecule has 0 saturated carbocycles. The monoisotopic (exact) mass is 591 g/mol. The number of piperazine rings is 1. The molecule has 1 N–H and O–H groups in total. The number of hydrogen-bond donors (Lipinski definition) is 1. The van der Waals surface area contributed by atoms with E-state index in [0.717, 1.165) is 42.3 Å². The molecule has 1 aromatic heterocycles. The van der Waals surface area contributed by atoms with E-state index < -0.39 is 0 Å². The SMILES string of the molecule is Cc1ccccc1C(=O)N(CC(=O)Nc1nc(CC(=O)N2CCN(Cc3ccc4c(c3)OCO4)CC2)cs1)CC(C)C. The second kappa shape index (κ2) is 13.3. The van der Waals surface area contributed by atoms with E-state index in [2.05, 4.69) is 15.2 Å². The summed E-state index contributed by atoms with van der Waals surface area (Å²) in [4.78, 5) is 49.3. The molecule has 42 heavy (non-hydrogen) atoms. The van der Waals surface area contributed by atoms with Crippen molar-refractivity contribution in [1.82, 2.24) is 19.7 Å². The van der Waals surface area contributed by atoms with Crippen molar-refractivity contribution >= 4 is 34.2 Å². The second-order valence-electron chi connectivity index (χ2n) is 11.1. The third-order valence-corrected chi connectivity index (χ3v) is 8.09.